The lowest BCUT2D eigenvalue weighted by Crippen LogP contribution is -2.38. The molecule has 2 aromatic carbocycles. The van der Waals surface area contributed by atoms with Gasteiger partial charge in [0.2, 0.25) is 5.82 Å². The maximum Gasteiger partial charge on any atom is 0.310 e. The molecule has 154 valence electrons. The second-order valence-electron chi connectivity index (χ2n) is 7.25. The van der Waals surface area contributed by atoms with Crippen LogP contribution in [0, 0.1) is 0 Å². The van der Waals surface area contributed by atoms with Gasteiger partial charge in [-0.15, -0.1) is 0 Å². The van der Waals surface area contributed by atoms with E-state index in [-0.39, 0.29) is 18.9 Å². The molecule has 0 unspecified atom stereocenters. The summed E-state index contributed by atoms with van der Waals surface area (Å²) < 4.78 is 15.9. The zero-order chi connectivity index (χ0) is 21.1. The van der Waals surface area contributed by atoms with E-state index in [1.165, 1.54) is 5.56 Å². The number of aromatic nitrogens is 2. The molecular formula is C22H21N3O5. The van der Waals surface area contributed by atoms with E-state index in [0.717, 1.165) is 5.56 Å². The Hall–Kier alpha value is -3.68. The first-order chi connectivity index (χ1) is 14.5. The smallest absolute Gasteiger partial charge is 0.310 e. The van der Waals surface area contributed by atoms with Crippen molar-refractivity contribution in [2.45, 2.75) is 38.9 Å². The summed E-state index contributed by atoms with van der Waals surface area (Å²) >= 11 is 0. The number of hydrogen-bond acceptors (Lipinski definition) is 7. The number of carbonyl (C=O) groups is 2. The van der Waals surface area contributed by atoms with Crippen molar-refractivity contribution in [1.29, 1.82) is 0 Å². The lowest BCUT2D eigenvalue weighted by atomic mass is 10.0. The number of fused-ring (bicyclic) bond motifs is 1. The Kier molecular flexibility index (Phi) is 5.47. The molecule has 0 fully saturated rings. The number of rotatable bonds is 6. The largest absolute Gasteiger partial charge is 0.478 e. The highest BCUT2D eigenvalue weighted by atomic mass is 16.6. The topological polar surface area (TPSA) is 104 Å². The van der Waals surface area contributed by atoms with Gasteiger partial charge in [0, 0.05) is 5.56 Å². The highest BCUT2D eigenvalue weighted by Crippen LogP contribution is 2.29. The van der Waals surface area contributed by atoms with E-state index in [4.69, 9.17) is 14.0 Å². The first-order valence-corrected chi connectivity index (χ1v) is 9.64. The number of carbonyl (C=O) groups excluding carboxylic acids is 2. The number of nitrogens with one attached hydrogen (secondary N) is 1. The number of amides is 1. The minimum atomic E-state index is -0.954. The highest BCUT2D eigenvalue weighted by molar-refractivity contribution is 5.99. The zero-order valence-corrected chi connectivity index (χ0v) is 16.6. The molecule has 1 amide bonds. The monoisotopic (exact) mass is 407 g/mol. The van der Waals surface area contributed by atoms with Crippen molar-refractivity contribution in [3.8, 4) is 17.1 Å². The standard InChI is InChI=1S/C22H21N3O5/c1-13(2)14-7-9-15(10-8-14)21-24-19(30-25-21)12-28-20(26)11-18-22(27)23-16-5-3-4-6-17(16)29-18/h3-10,13,18H,11-12H2,1-2H3,(H,23,27)/t18-/m0/s1. The summed E-state index contributed by atoms with van der Waals surface area (Å²) in [7, 11) is 0. The van der Waals surface area contributed by atoms with Gasteiger partial charge in [0.05, 0.1) is 12.1 Å². The van der Waals surface area contributed by atoms with E-state index >= 15 is 0 Å². The van der Waals surface area contributed by atoms with Gasteiger partial charge < -0.3 is 19.3 Å². The highest BCUT2D eigenvalue weighted by Gasteiger charge is 2.30. The van der Waals surface area contributed by atoms with Gasteiger partial charge in [0.15, 0.2) is 12.7 Å². The predicted octanol–water partition coefficient (Wildman–Crippen LogP) is 3.69. The van der Waals surface area contributed by atoms with Crippen molar-refractivity contribution in [3.63, 3.8) is 0 Å². The molecule has 30 heavy (non-hydrogen) atoms. The van der Waals surface area contributed by atoms with Gasteiger partial charge in [0.1, 0.15) is 5.75 Å². The van der Waals surface area contributed by atoms with E-state index in [2.05, 4.69) is 29.3 Å². The van der Waals surface area contributed by atoms with Crippen LogP contribution in [0.1, 0.15) is 37.6 Å². The van der Waals surface area contributed by atoms with Gasteiger partial charge in [-0.3, -0.25) is 9.59 Å². The fourth-order valence-corrected chi connectivity index (χ4v) is 3.03. The summed E-state index contributed by atoms with van der Waals surface area (Å²) in [5.41, 5.74) is 2.60. The summed E-state index contributed by atoms with van der Waals surface area (Å²) in [6.07, 6.45) is -1.18. The molecule has 1 aliphatic rings. The Labute approximate surface area is 173 Å². The molecule has 1 atom stereocenters. The molecule has 3 aromatic rings. The molecule has 0 radical (unpaired) electrons. The molecule has 0 bridgehead atoms. The molecule has 2 heterocycles. The SMILES string of the molecule is CC(C)c1ccc(-c2noc(COC(=O)C[C@@H]3Oc4ccccc4NC3=O)n2)cc1. The number of nitrogens with zero attached hydrogens (tertiary/aromatic N) is 2. The Morgan fingerprint density at radius 3 is 2.70 bits per heavy atom. The Morgan fingerprint density at radius 2 is 1.93 bits per heavy atom. The molecular weight excluding hydrogens is 386 g/mol. The van der Waals surface area contributed by atoms with Crippen molar-refractivity contribution in [2.75, 3.05) is 5.32 Å². The molecule has 0 saturated heterocycles. The van der Waals surface area contributed by atoms with Crippen molar-refractivity contribution < 1.29 is 23.6 Å². The maximum absolute atomic E-state index is 12.1. The van der Waals surface area contributed by atoms with E-state index < -0.39 is 18.0 Å². The van der Waals surface area contributed by atoms with E-state index in [9.17, 15) is 9.59 Å². The fraction of sp³-hybridized carbons (Fsp3) is 0.273. The minimum absolute atomic E-state index is 0.172. The molecule has 0 spiro atoms. The zero-order valence-electron chi connectivity index (χ0n) is 16.6. The normalized spacial score (nSPS) is 15.3. The van der Waals surface area contributed by atoms with E-state index in [0.29, 0.717) is 23.2 Å². The number of anilines is 1. The Morgan fingerprint density at radius 1 is 1.17 bits per heavy atom. The first-order valence-electron chi connectivity index (χ1n) is 9.64. The average Bonchev–Trinajstić information content (AvgIpc) is 3.22. The summed E-state index contributed by atoms with van der Waals surface area (Å²) in [5.74, 6) is 0.544. The molecule has 1 aliphatic heterocycles. The van der Waals surface area contributed by atoms with Crippen LogP contribution in [-0.2, 0) is 20.9 Å². The van der Waals surface area contributed by atoms with Crippen molar-refractivity contribution in [3.05, 3.63) is 60.0 Å². The molecule has 8 heteroatoms. The molecule has 8 nitrogen and oxygen atoms in total. The van der Waals surface area contributed by atoms with Crippen LogP contribution in [0.15, 0.2) is 53.1 Å². The van der Waals surface area contributed by atoms with Crippen LogP contribution in [-0.4, -0.2) is 28.1 Å². The quantitative estimate of drug-likeness (QED) is 0.622. The summed E-state index contributed by atoms with van der Waals surface area (Å²) in [6.45, 7) is 4.06. The Bertz CT molecular complexity index is 1060. The predicted molar refractivity (Wildman–Crippen MR) is 108 cm³/mol. The summed E-state index contributed by atoms with van der Waals surface area (Å²) in [6, 6.07) is 14.9. The summed E-state index contributed by atoms with van der Waals surface area (Å²) in [4.78, 5) is 28.5. The van der Waals surface area contributed by atoms with Crippen molar-refractivity contribution in [1.82, 2.24) is 10.1 Å². The van der Waals surface area contributed by atoms with E-state index in [1.807, 2.05) is 24.3 Å². The van der Waals surface area contributed by atoms with Crippen LogP contribution >= 0.6 is 0 Å². The van der Waals surface area contributed by atoms with Gasteiger partial charge >= 0.3 is 5.97 Å². The average molecular weight is 407 g/mol. The van der Waals surface area contributed by atoms with Crippen LogP contribution in [0.3, 0.4) is 0 Å². The summed E-state index contributed by atoms with van der Waals surface area (Å²) in [5, 5.41) is 6.63. The van der Waals surface area contributed by atoms with Gasteiger partial charge in [-0.25, -0.2) is 0 Å². The number of para-hydroxylation sites is 2. The fourth-order valence-electron chi connectivity index (χ4n) is 3.03. The van der Waals surface area contributed by atoms with Crippen LogP contribution in [0.25, 0.3) is 11.4 Å². The first kappa shape index (κ1) is 19.6. The number of esters is 1. The van der Waals surface area contributed by atoms with Gasteiger partial charge in [-0.2, -0.15) is 4.98 Å². The second kappa shape index (κ2) is 8.36. The lowest BCUT2D eigenvalue weighted by molar-refractivity contribution is -0.149. The second-order valence-corrected chi connectivity index (χ2v) is 7.25. The molecule has 0 saturated carbocycles. The van der Waals surface area contributed by atoms with Gasteiger partial charge in [0.25, 0.3) is 11.8 Å². The number of ether oxygens (including phenoxy) is 2. The van der Waals surface area contributed by atoms with Crippen LogP contribution in [0.4, 0.5) is 5.69 Å². The molecule has 0 aliphatic carbocycles. The molecule has 4 rings (SSSR count). The van der Waals surface area contributed by atoms with Crippen molar-refractivity contribution in [2.24, 2.45) is 0 Å². The molecule has 1 N–H and O–H groups in total. The minimum Gasteiger partial charge on any atom is -0.478 e. The maximum atomic E-state index is 12.1. The third-order valence-corrected chi connectivity index (χ3v) is 4.72. The number of benzene rings is 2. The van der Waals surface area contributed by atoms with Crippen LogP contribution < -0.4 is 10.1 Å². The molecule has 1 aromatic heterocycles. The lowest BCUT2D eigenvalue weighted by Gasteiger charge is -2.24. The van der Waals surface area contributed by atoms with Crippen LogP contribution in [0.5, 0.6) is 5.75 Å². The van der Waals surface area contributed by atoms with Gasteiger partial charge in [-0.1, -0.05) is 55.4 Å². The van der Waals surface area contributed by atoms with Crippen molar-refractivity contribution >= 4 is 17.6 Å². The third-order valence-electron chi connectivity index (χ3n) is 4.72. The van der Waals surface area contributed by atoms with Crippen LogP contribution in [0.2, 0.25) is 0 Å². The third kappa shape index (κ3) is 4.32. The van der Waals surface area contributed by atoms with E-state index in [1.54, 1.807) is 24.3 Å². The number of hydrogen-bond donors (Lipinski definition) is 1. The Balaban J connectivity index is 1.32. The van der Waals surface area contributed by atoms with Gasteiger partial charge in [-0.05, 0) is 23.6 Å².